The normalized spacial score (nSPS) is 20.2. The standard InChI is InChI=1S/C15H23N9O9S/c1-15(2,3)32-13(27)16-12-19-20-21-23(12)7-10(25)17-18-11(26)9-5-4-8-6-22(9)14(28)24(8)33-34(29,30)31/h8-9H,4-7H2,1-3H3,(H,17,25)(H,18,26)(H,29,30,31)(H,16,19,21,27)/t8-,9+/m1/s1. The number of hydrazine groups is 1. The Morgan fingerprint density at radius 3 is 2.56 bits per heavy atom. The molecular weight excluding hydrogens is 482 g/mol. The summed E-state index contributed by atoms with van der Waals surface area (Å²) in [5.41, 5.74) is 3.54. The van der Waals surface area contributed by atoms with Crippen LogP contribution in [-0.2, 0) is 35.6 Å². The summed E-state index contributed by atoms with van der Waals surface area (Å²) >= 11 is 0. The van der Waals surface area contributed by atoms with Crippen LogP contribution in [0.1, 0.15) is 33.6 Å². The molecule has 1 aromatic rings. The van der Waals surface area contributed by atoms with Crippen molar-refractivity contribution >= 4 is 40.3 Å². The number of ether oxygens (including phenoxy) is 1. The highest BCUT2D eigenvalue weighted by atomic mass is 32.3. The lowest BCUT2D eigenvalue weighted by Crippen LogP contribution is -2.54. The summed E-state index contributed by atoms with van der Waals surface area (Å²) in [5, 5.41) is 13.3. The average Bonchev–Trinajstić information content (AvgIpc) is 3.21. The third-order valence-corrected chi connectivity index (χ3v) is 4.91. The molecule has 0 unspecified atom stereocenters. The molecule has 1 aromatic heterocycles. The molecule has 0 saturated carbocycles. The Bertz CT molecular complexity index is 1080. The Morgan fingerprint density at radius 1 is 1.21 bits per heavy atom. The van der Waals surface area contributed by atoms with Gasteiger partial charge in [0.25, 0.3) is 17.8 Å². The number of carbonyl (C=O) groups excluding carboxylic acids is 4. The zero-order valence-corrected chi connectivity index (χ0v) is 19.1. The average molecular weight is 505 g/mol. The van der Waals surface area contributed by atoms with Gasteiger partial charge in [-0.25, -0.2) is 14.3 Å². The van der Waals surface area contributed by atoms with Crippen LogP contribution in [0.15, 0.2) is 0 Å². The summed E-state index contributed by atoms with van der Waals surface area (Å²) in [5.74, 6) is -1.67. The number of nitrogens with zero attached hydrogens (tertiary/aromatic N) is 6. The van der Waals surface area contributed by atoms with Crippen molar-refractivity contribution in [3.63, 3.8) is 0 Å². The van der Waals surface area contributed by atoms with Crippen molar-refractivity contribution in [3.05, 3.63) is 0 Å². The summed E-state index contributed by atoms with van der Waals surface area (Å²) in [7, 11) is -4.92. The first kappa shape index (κ1) is 25.1. The van der Waals surface area contributed by atoms with Gasteiger partial charge in [-0.1, -0.05) is 5.10 Å². The van der Waals surface area contributed by atoms with E-state index < -0.39 is 58.6 Å². The largest absolute Gasteiger partial charge is 0.444 e. The SMILES string of the molecule is CC(C)(C)OC(=O)Nc1nnnn1CC(=O)NNC(=O)[C@@H]1CC[C@@H]2CN1C(=O)N2OS(=O)(=O)O. The van der Waals surface area contributed by atoms with Crippen LogP contribution >= 0.6 is 0 Å². The van der Waals surface area contributed by atoms with E-state index in [0.29, 0.717) is 5.06 Å². The summed E-state index contributed by atoms with van der Waals surface area (Å²) in [6.45, 7) is 4.49. The maximum atomic E-state index is 12.5. The van der Waals surface area contributed by atoms with Crippen molar-refractivity contribution < 1.29 is 41.2 Å². The number of hydroxylamine groups is 2. The molecule has 2 bridgehead atoms. The highest BCUT2D eigenvalue weighted by molar-refractivity contribution is 7.80. The maximum absolute atomic E-state index is 12.5. The lowest BCUT2D eigenvalue weighted by atomic mass is 10.0. The van der Waals surface area contributed by atoms with Gasteiger partial charge in [0.2, 0.25) is 0 Å². The third-order valence-electron chi connectivity index (χ3n) is 4.56. The van der Waals surface area contributed by atoms with E-state index in [4.69, 9.17) is 9.29 Å². The van der Waals surface area contributed by atoms with Gasteiger partial charge in [-0.3, -0.25) is 30.3 Å². The molecular formula is C15H23N9O9S. The van der Waals surface area contributed by atoms with Crippen molar-refractivity contribution in [3.8, 4) is 0 Å². The van der Waals surface area contributed by atoms with E-state index in [1.165, 1.54) is 0 Å². The highest BCUT2D eigenvalue weighted by Gasteiger charge is 2.49. The number of hydrogen-bond acceptors (Lipinski definition) is 11. The monoisotopic (exact) mass is 505 g/mol. The van der Waals surface area contributed by atoms with Gasteiger partial charge in [0.15, 0.2) is 0 Å². The lowest BCUT2D eigenvalue weighted by Gasteiger charge is -2.29. The minimum Gasteiger partial charge on any atom is -0.444 e. The number of hydrogen-bond donors (Lipinski definition) is 4. The summed E-state index contributed by atoms with van der Waals surface area (Å²) in [4.78, 5) is 50.0. The topological polar surface area (TPSA) is 227 Å². The number of urea groups is 1. The van der Waals surface area contributed by atoms with Gasteiger partial charge >= 0.3 is 22.5 Å². The maximum Gasteiger partial charge on any atom is 0.418 e. The highest BCUT2D eigenvalue weighted by Crippen LogP contribution is 2.30. The van der Waals surface area contributed by atoms with Crippen molar-refractivity contribution in [2.45, 2.75) is 57.8 Å². The zero-order chi connectivity index (χ0) is 25.3. The first-order valence-corrected chi connectivity index (χ1v) is 11.2. The fourth-order valence-corrected chi connectivity index (χ4v) is 3.68. The lowest BCUT2D eigenvalue weighted by molar-refractivity contribution is -0.132. The number of amides is 5. The number of rotatable bonds is 6. The van der Waals surface area contributed by atoms with E-state index in [1.807, 2.05) is 0 Å². The van der Waals surface area contributed by atoms with Crippen molar-refractivity contribution in [2.24, 2.45) is 0 Å². The van der Waals surface area contributed by atoms with Crippen LogP contribution in [0.4, 0.5) is 15.5 Å². The van der Waals surface area contributed by atoms with Crippen LogP contribution in [-0.4, -0.2) is 91.3 Å². The molecule has 4 N–H and O–H groups in total. The van der Waals surface area contributed by atoms with E-state index in [0.717, 1.165) is 9.58 Å². The van der Waals surface area contributed by atoms with Gasteiger partial charge in [-0.05, 0) is 44.0 Å². The second-order valence-corrected chi connectivity index (χ2v) is 9.34. The number of tetrazole rings is 1. The molecule has 3 rings (SSSR count). The molecule has 34 heavy (non-hydrogen) atoms. The first-order valence-electron chi connectivity index (χ1n) is 9.85. The van der Waals surface area contributed by atoms with Crippen LogP contribution in [0.5, 0.6) is 0 Å². The van der Waals surface area contributed by atoms with E-state index in [9.17, 15) is 27.6 Å². The molecule has 18 nitrogen and oxygen atoms in total. The van der Waals surface area contributed by atoms with Crippen LogP contribution in [0.2, 0.25) is 0 Å². The van der Waals surface area contributed by atoms with E-state index >= 15 is 0 Å². The zero-order valence-electron chi connectivity index (χ0n) is 18.3. The Kier molecular flexibility index (Phi) is 6.89. The molecule has 2 saturated heterocycles. The Morgan fingerprint density at radius 2 is 1.91 bits per heavy atom. The molecule has 5 amide bonds. The molecule has 19 heteroatoms. The van der Waals surface area contributed by atoms with Gasteiger partial charge < -0.3 is 9.64 Å². The Balaban J connectivity index is 1.52. The predicted octanol–water partition coefficient (Wildman–Crippen LogP) is -1.83. The minimum atomic E-state index is -4.92. The molecule has 2 atom stereocenters. The van der Waals surface area contributed by atoms with Crippen molar-refractivity contribution in [1.82, 2.24) is 41.0 Å². The van der Waals surface area contributed by atoms with Crippen LogP contribution in [0.3, 0.4) is 0 Å². The van der Waals surface area contributed by atoms with Crippen LogP contribution < -0.4 is 16.2 Å². The van der Waals surface area contributed by atoms with Gasteiger partial charge in [0.05, 0.1) is 6.04 Å². The van der Waals surface area contributed by atoms with Crippen molar-refractivity contribution in [1.29, 1.82) is 0 Å². The Labute approximate surface area is 192 Å². The molecule has 2 aliphatic rings. The van der Waals surface area contributed by atoms with Gasteiger partial charge in [-0.15, -0.1) is 4.28 Å². The second kappa shape index (κ2) is 9.35. The second-order valence-electron chi connectivity index (χ2n) is 8.33. The van der Waals surface area contributed by atoms with Gasteiger partial charge in [-0.2, -0.15) is 13.5 Å². The third kappa shape index (κ3) is 6.26. The van der Waals surface area contributed by atoms with Crippen LogP contribution in [0.25, 0.3) is 0 Å². The first-order chi connectivity index (χ1) is 15.7. The Hall–Kier alpha value is -3.58. The molecule has 0 aromatic carbocycles. The number of nitrogens with one attached hydrogen (secondary N) is 3. The fraction of sp³-hybridized carbons (Fsp3) is 0.667. The number of carbonyl (C=O) groups is 4. The molecule has 0 aliphatic carbocycles. The quantitative estimate of drug-likeness (QED) is 0.247. The number of aromatic nitrogens is 4. The molecule has 3 heterocycles. The van der Waals surface area contributed by atoms with Crippen molar-refractivity contribution in [2.75, 3.05) is 11.9 Å². The predicted molar refractivity (Wildman–Crippen MR) is 107 cm³/mol. The molecule has 0 spiro atoms. The van der Waals surface area contributed by atoms with Gasteiger partial charge in [0, 0.05) is 6.54 Å². The molecule has 0 radical (unpaired) electrons. The van der Waals surface area contributed by atoms with Crippen LogP contribution in [0, 0.1) is 0 Å². The molecule has 188 valence electrons. The molecule has 2 aliphatic heterocycles. The fourth-order valence-electron chi connectivity index (χ4n) is 3.29. The van der Waals surface area contributed by atoms with E-state index in [2.05, 4.69) is 36.0 Å². The summed E-state index contributed by atoms with van der Waals surface area (Å²) < 4.78 is 41.0. The number of anilines is 1. The van der Waals surface area contributed by atoms with E-state index in [1.54, 1.807) is 20.8 Å². The van der Waals surface area contributed by atoms with E-state index in [-0.39, 0.29) is 25.3 Å². The van der Waals surface area contributed by atoms with Gasteiger partial charge in [0.1, 0.15) is 18.2 Å². The number of fused-ring (bicyclic) bond motifs is 2. The summed E-state index contributed by atoms with van der Waals surface area (Å²) in [6, 6.07) is -2.60. The molecule has 2 fully saturated rings. The summed E-state index contributed by atoms with van der Waals surface area (Å²) in [6.07, 6.45) is -0.468. The smallest absolute Gasteiger partial charge is 0.418 e. The number of piperidine rings is 1. The minimum absolute atomic E-state index is 0.00922.